The van der Waals surface area contributed by atoms with Crippen molar-refractivity contribution in [2.45, 2.75) is 19.6 Å². The van der Waals surface area contributed by atoms with Crippen LogP contribution in [0.25, 0.3) is 0 Å². The number of aromatic nitrogens is 2. The number of rotatable bonds is 2. The zero-order valence-electron chi connectivity index (χ0n) is 9.50. The molecule has 0 N–H and O–H groups in total. The number of alkyl halides is 3. The minimum atomic E-state index is -4.42. The summed E-state index contributed by atoms with van der Waals surface area (Å²) in [5.74, 6) is 0. The van der Waals surface area contributed by atoms with Crippen LogP contribution in [0.1, 0.15) is 16.8 Å². The molecule has 0 aliphatic rings. The van der Waals surface area contributed by atoms with Crippen LogP contribution in [0.5, 0.6) is 0 Å². The van der Waals surface area contributed by atoms with Crippen LogP contribution in [0.3, 0.4) is 0 Å². The van der Waals surface area contributed by atoms with Gasteiger partial charge < -0.3 is 0 Å². The topological polar surface area (TPSA) is 17.8 Å². The van der Waals surface area contributed by atoms with Crippen LogP contribution in [0.15, 0.2) is 34.9 Å². The van der Waals surface area contributed by atoms with E-state index in [1.807, 2.05) is 19.1 Å². The highest BCUT2D eigenvalue weighted by Gasteiger charge is 2.37. The molecule has 0 radical (unpaired) electrons. The van der Waals surface area contributed by atoms with E-state index in [1.54, 1.807) is 12.1 Å². The van der Waals surface area contributed by atoms with Crippen molar-refractivity contribution < 1.29 is 13.2 Å². The quantitative estimate of drug-likeness (QED) is 0.817. The first kappa shape index (κ1) is 13.1. The molecule has 0 saturated heterocycles. The summed E-state index contributed by atoms with van der Waals surface area (Å²) in [4.78, 5) is 0. The molecule has 0 saturated carbocycles. The largest absolute Gasteiger partial charge is 0.434 e. The van der Waals surface area contributed by atoms with Crippen LogP contribution in [0, 0.1) is 6.92 Å². The van der Waals surface area contributed by atoms with Crippen LogP contribution in [-0.2, 0) is 12.7 Å². The molecule has 0 spiro atoms. The molecule has 18 heavy (non-hydrogen) atoms. The van der Waals surface area contributed by atoms with Crippen molar-refractivity contribution in [2.24, 2.45) is 0 Å². The van der Waals surface area contributed by atoms with Crippen molar-refractivity contribution in [3.63, 3.8) is 0 Å². The summed E-state index contributed by atoms with van der Waals surface area (Å²) >= 11 is 2.87. The highest BCUT2D eigenvalue weighted by atomic mass is 79.9. The molecule has 0 bridgehead atoms. The smallest absolute Gasteiger partial charge is 0.255 e. The number of nitrogens with zero attached hydrogens (tertiary/aromatic N) is 2. The Labute approximate surface area is 111 Å². The van der Waals surface area contributed by atoms with Gasteiger partial charge in [-0.15, -0.1) is 0 Å². The molecule has 96 valence electrons. The molecule has 0 atom stereocenters. The van der Waals surface area contributed by atoms with E-state index < -0.39 is 11.9 Å². The van der Waals surface area contributed by atoms with Gasteiger partial charge in [-0.3, -0.25) is 4.68 Å². The second-order valence-electron chi connectivity index (χ2n) is 3.98. The van der Waals surface area contributed by atoms with E-state index in [4.69, 9.17) is 0 Å². The van der Waals surface area contributed by atoms with Gasteiger partial charge in [-0.2, -0.15) is 18.3 Å². The lowest BCUT2D eigenvalue weighted by molar-refractivity contribution is -0.144. The minimum absolute atomic E-state index is 0.0397. The molecule has 6 heteroatoms. The molecule has 0 aliphatic carbocycles. The van der Waals surface area contributed by atoms with Gasteiger partial charge >= 0.3 is 6.18 Å². The maximum atomic E-state index is 12.8. The standard InChI is InChI=1S/C12H10BrF3N2/c1-8-2-4-9(5-3-8)7-18-11(12(14,15)16)10(13)6-17-18/h2-6H,7H2,1H3. The number of hydrogen-bond donors (Lipinski definition) is 0. The molecule has 2 rings (SSSR count). The Balaban J connectivity index is 2.33. The first-order chi connectivity index (χ1) is 8.38. The van der Waals surface area contributed by atoms with Crippen molar-refractivity contribution in [3.8, 4) is 0 Å². The molecule has 2 nitrogen and oxygen atoms in total. The Kier molecular flexibility index (Phi) is 3.47. The van der Waals surface area contributed by atoms with Gasteiger partial charge in [0.25, 0.3) is 0 Å². The van der Waals surface area contributed by atoms with E-state index in [-0.39, 0.29) is 11.0 Å². The molecule has 2 aromatic rings. The Morgan fingerprint density at radius 1 is 1.22 bits per heavy atom. The number of hydrogen-bond acceptors (Lipinski definition) is 1. The van der Waals surface area contributed by atoms with Crippen molar-refractivity contribution in [2.75, 3.05) is 0 Å². The third kappa shape index (κ3) is 2.75. The van der Waals surface area contributed by atoms with E-state index in [0.29, 0.717) is 0 Å². The van der Waals surface area contributed by atoms with E-state index in [1.165, 1.54) is 0 Å². The number of benzene rings is 1. The van der Waals surface area contributed by atoms with Crippen molar-refractivity contribution in [3.05, 3.63) is 51.8 Å². The lowest BCUT2D eigenvalue weighted by Gasteiger charge is -2.11. The lowest BCUT2D eigenvalue weighted by Crippen LogP contribution is -2.15. The van der Waals surface area contributed by atoms with Gasteiger partial charge in [0, 0.05) is 0 Å². The van der Waals surface area contributed by atoms with E-state index >= 15 is 0 Å². The third-order valence-corrected chi connectivity index (χ3v) is 3.10. The summed E-state index contributed by atoms with van der Waals surface area (Å²) in [6.07, 6.45) is -3.25. The molecule has 0 amide bonds. The summed E-state index contributed by atoms with van der Waals surface area (Å²) in [6.45, 7) is 2.02. The van der Waals surface area contributed by atoms with Gasteiger partial charge in [-0.05, 0) is 28.4 Å². The third-order valence-electron chi connectivity index (χ3n) is 2.52. The SMILES string of the molecule is Cc1ccc(Cn2ncc(Br)c2C(F)(F)F)cc1. The maximum Gasteiger partial charge on any atom is 0.434 e. The summed E-state index contributed by atoms with van der Waals surface area (Å²) < 4.78 is 39.4. The molecular formula is C12H10BrF3N2. The maximum absolute atomic E-state index is 12.8. The Morgan fingerprint density at radius 3 is 2.39 bits per heavy atom. The lowest BCUT2D eigenvalue weighted by atomic mass is 10.1. The van der Waals surface area contributed by atoms with Crippen LogP contribution in [0.2, 0.25) is 0 Å². The van der Waals surface area contributed by atoms with Crippen LogP contribution in [0.4, 0.5) is 13.2 Å². The fourth-order valence-corrected chi connectivity index (χ4v) is 2.15. The van der Waals surface area contributed by atoms with Gasteiger partial charge in [0.2, 0.25) is 0 Å². The monoisotopic (exact) mass is 318 g/mol. The molecule has 1 heterocycles. The van der Waals surface area contributed by atoms with E-state index in [9.17, 15) is 13.2 Å². The van der Waals surface area contributed by atoms with Gasteiger partial charge in [-0.25, -0.2) is 0 Å². The Hall–Kier alpha value is -1.30. The molecule has 0 fully saturated rings. The molecule has 1 aromatic carbocycles. The van der Waals surface area contributed by atoms with Crippen molar-refractivity contribution >= 4 is 15.9 Å². The first-order valence-electron chi connectivity index (χ1n) is 5.22. The second kappa shape index (κ2) is 4.76. The Bertz CT molecular complexity index is 543. The highest BCUT2D eigenvalue weighted by Crippen LogP contribution is 2.34. The predicted molar refractivity (Wildman–Crippen MR) is 65.2 cm³/mol. The number of halogens is 4. The van der Waals surface area contributed by atoms with Crippen molar-refractivity contribution in [1.29, 1.82) is 0 Å². The van der Waals surface area contributed by atoms with Gasteiger partial charge in [-0.1, -0.05) is 29.8 Å². The average Bonchev–Trinajstić information content (AvgIpc) is 2.63. The zero-order valence-corrected chi connectivity index (χ0v) is 11.1. The molecule has 1 aromatic heterocycles. The van der Waals surface area contributed by atoms with Gasteiger partial charge in [0.05, 0.1) is 17.2 Å². The van der Waals surface area contributed by atoms with Crippen LogP contribution in [-0.4, -0.2) is 9.78 Å². The molecule has 0 aliphatic heterocycles. The summed E-state index contributed by atoms with van der Waals surface area (Å²) in [5.41, 5.74) is 1.08. The van der Waals surface area contributed by atoms with Crippen molar-refractivity contribution in [1.82, 2.24) is 9.78 Å². The molecular weight excluding hydrogens is 309 g/mol. The van der Waals surface area contributed by atoms with E-state index in [2.05, 4.69) is 21.0 Å². The zero-order chi connectivity index (χ0) is 13.3. The Morgan fingerprint density at radius 2 is 1.83 bits per heavy atom. The summed E-state index contributed by atoms with van der Waals surface area (Å²) in [6, 6.07) is 7.32. The fourth-order valence-electron chi connectivity index (χ4n) is 1.63. The second-order valence-corrected chi connectivity index (χ2v) is 4.84. The van der Waals surface area contributed by atoms with Crippen LogP contribution >= 0.6 is 15.9 Å². The fraction of sp³-hybridized carbons (Fsp3) is 0.250. The van der Waals surface area contributed by atoms with Gasteiger partial charge in [0.15, 0.2) is 5.69 Å². The first-order valence-corrected chi connectivity index (χ1v) is 6.01. The van der Waals surface area contributed by atoms with E-state index in [0.717, 1.165) is 22.0 Å². The summed E-state index contributed by atoms with van der Waals surface area (Å²) in [5, 5.41) is 3.75. The normalized spacial score (nSPS) is 11.8. The predicted octanol–water partition coefficient (Wildman–Crippen LogP) is 4.02. The molecule has 0 unspecified atom stereocenters. The average molecular weight is 319 g/mol. The minimum Gasteiger partial charge on any atom is -0.255 e. The number of aryl methyl sites for hydroxylation is 1. The summed E-state index contributed by atoms with van der Waals surface area (Å²) in [7, 11) is 0. The van der Waals surface area contributed by atoms with Gasteiger partial charge in [0.1, 0.15) is 0 Å². The highest BCUT2D eigenvalue weighted by molar-refractivity contribution is 9.10. The van der Waals surface area contributed by atoms with Crippen LogP contribution < -0.4 is 0 Å².